The summed E-state index contributed by atoms with van der Waals surface area (Å²) in [4.78, 5) is 23.2. The van der Waals surface area contributed by atoms with Crippen LogP contribution in [0.15, 0.2) is 24.3 Å². The van der Waals surface area contributed by atoms with Crippen LogP contribution in [0.1, 0.15) is 226 Å². The van der Waals surface area contributed by atoms with Crippen LogP contribution < -0.4 is 5.32 Å². The Bertz CT molecular complexity index is 984. The predicted octanol–water partition coefficient (Wildman–Crippen LogP) is 13.7. The van der Waals surface area contributed by atoms with E-state index < -0.39 is 20.0 Å². The summed E-state index contributed by atoms with van der Waals surface area (Å²) >= 11 is 0. The Hall–Kier alpha value is -1.02. The van der Waals surface area contributed by atoms with Crippen LogP contribution in [0, 0.1) is 0 Å². The number of phosphoric acid groups is 1. The van der Waals surface area contributed by atoms with Crippen LogP contribution >= 0.6 is 7.82 Å². The molecule has 0 aromatic heterocycles. The number of amides is 1. The number of nitrogens with zero attached hydrogens (tertiary/aromatic N) is 1. The number of carbonyl (C=O) groups excluding carboxylic acids is 1. The van der Waals surface area contributed by atoms with E-state index in [1.165, 1.54) is 135 Å². The molecule has 3 unspecified atom stereocenters. The normalized spacial score (nSPS) is 14.4. The summed E-state index contributed by atoms with van der Waals surface area (Å²) in [6.07, 6.45) is 47.7. The Labute approximate surface area is 354 Å². The Morgan fingerprint density at radius 1 is 0.596 bits per heavy atom. The molecule has 1 amide bonds. The third kappa shape index (κ3) is 42.9. The monoisotopic (exact) mass is 828 g/mol. The highest BCUT2D eigenvalue weighted by Crippen LogP contribution is 2.43. The molecule has 0 bridgehead atoms. The van der Waals surface area contributed by atoms with Gasteiger partial charge < -0.3 is 19.8 Å². The predicted molar refractivity (Wildman–Crippen MR) is 245 cm³/mol. The number of rotatable bonds is 44. The van der Waals surface area contributed by atoms with E-state index in [0.717, 1.165) is 64.2 Å². The molecule has 0 radical (unpaired) electrons. The van der Waals surface area contributed by atoms with Crippen LogP contribution in [0.4, 0.5) is 0 Å². The highest BCUT2D eigenvalue weighted by molar-refractivity contribution is 7.47. The summed E-state index contributed by atoms with van der Waals surface area (Å²) < 4.78 is 23.7. The van der Waals surface area contributed by atoms with Crippen molar-refractivity contribution in [1.29, 1.82) is 0 Å². The topological polar surface area (TPSA) is 105 Å². The number of nitrogens with one attached hydrogen (secondary N) is 1. The number of hydrogen-bond acceptors (Lipinski definition) is 5. The van der Waals surface area contributed by atoms with Gasteiger partial charge in [-0.3, -0.25) is 13.8 Å². The number of unbranched alkanes of at least 4 members (excludes halogenated alkanes) is 27. The highest BCUT2D eigenvalue weighted by atomic mass is 31.2. The summed E-state index contributed by atoms with van der Waals surface area (Å²) in [5, 5.41) is 14.0. The van der Waals surface area contributed by atoms with Crippen molar-refractivity contribution in [1.82, 2.24) is 5.32 Å². The van der Waals surface area contributed by atoms with Crippen LogP contribution in [0.25, 0.3) is 0 Å². The molecule has 0 spiro atoms. The van der Waals surface area contributed by atoms with E-state index >= 15 is 0 Å². The summed E-state index contributed by atoms with van der Waals surface area (Å²) in [6.45, 7) is 4.87. The van der Waals surface area contributed by atoms with Gasteiger partial charge in [-0.2, -0.15) is 0 Å². The zero-order valence-corrected chi connectivity index (χ0v) is 39.2. The zero-order chi connectivity index (χ0) is 42.1. The minimum atomic E-state index is -4.32. The van der Waals surface area contributed by atoms with Gasteiger partial charge >= 0.3 is 7.82 Å². The van der Waals surface area contributed by atoms with Crippen molar-refractivity contribution in [2.75, 3.05) is 40.9 Å². The molecule has 0 heterocycles. The lowest BCUT2D eigenvalue weighted by Gasteiger charge is -2.26. The van der Waals surface area contributed by atoms with Crippen molar-refractivity contribution >= 4 is 13.7 Å². The Kier molecular flexibility index (Phi) is 39.7. The van der Waals surface area contributed by atoms with Gasteiger partial charge in [0.05, 0.1) is 39.9 Å². The second kappa shape index (κ2) is 40.4. The molecule has 0 aromatic carbocycles. The second-order valence-corrected chi connectivity index (χ2v) is 19.3. The smallest absolute Gasteiger partial charge is 0.391 e. The molecule has 9 heteroatoms. The molecule has 338 valence electrons. The van der Waals surface area contributed by atoms with Gasteiger partial charge in [-0.05, 0) is 44.9 Å². The number of allylic oxidation sites excluding steroid dienone is 4. The average molecular weight is 828 g/mol. The fourth-order valence-electron chi connectivity index (χ4n) is 7.08. The maximum atomic E-state index is 12.9. The number of quaternary nitrogens is 1. The molecule has 57 heavy (non-hydrogen) atoms. The first kappa shape index (κ1) is 56.0. The van der Waals surface area contributed by atoms with Gasteiger partial charge in [-0.25, -0.2) is 4.57 Å². The van der Waals surface area contributed by atoms with E-state index in [-0.39, 0.29) is 19.1 Å². The van der Waals surface area contributed by atoms with E-state index in [9.17, 15) is 19.4 Å². The van der Waals surface area contributed by atoms with Gasteiger partial charge in [0.2, 0.25) is 5.91 Å². The molecule has 0 aromatic rings. The number of hydrogen-bond donors (Lipinski definition) is 3. The van der Waals surface area contributed by atoms with E-state index in [1.54, 1.807) is 0 Å². The third-order valence-corrected chi connectivity index (χ3v) is 11.9. The van der Waals surface area contributed by atoms with E-state index in [0.29, 0.717) is 23.9 Å². The molecule has 8 nitrogen and oxygen atoms in total. The third-order valence-electron chi connectivity index (χ3n) is 11.0. The van der Waals surface area contributed by atoms with Crippen LogP contribution in [0.5, 0.6) is 0 Å². The SMILES string of the molecule is CCCCCC/C=C\C/C=C\CCCCCCCC(=O)NC(COP(=O)(O)OCC[N+](C)(C)C)C(O)CCCCCCCCCCCCCCCCCCCCC. The summed E-state index contributed by atoms with van der Waals surface area (Å²) in [5.74, 6) is -0.157. The van der Waals surface area contributed by atoms with Gasteiger partial charge in [0.25, 0.3) is 0 Å². The van der Waals surface area contributed by atoms with Gasteiger partial charge in [0, 0.05) is 6.42 Å². The fourth-order valence-corrected chi connectivity index (χ4v) is 7.81. The molecule has 3 atom stereocenters. The largest absolute Gasteiger partial charge is 0.472 e. The Morgan fingerprint density at radius 3 is 1.46 bits per heavy atom. The first-order valence-electron chi connectivity index (χ1n) is 24.2. The average Bonchev–Trinajstić information content (AvgIpc) is 3.16. The van der Waals surface area contributed by atoms with Crippen molar-refractivity contribution in [2.45, 2.75) is 238 Å². The first-order valence-corrected chi connectivity index (χ1v) is 25.7. The fraction of sp³-hybridized carbons (Fsp3) is 0.896. The molecule has 3 N–H and O–H groups in total. The molecule has 0 aliphatic heterocycles. The lowest BCUT2D eigenvalue weighted by atomic mass is 10.0. The Balaban J connectivity index is 4.32. The minimum absolute atomic E-state index is 0.0725. The lowest BCUT2D eigenvalue weighted by molar-refractivity contribution is -0.870. The van der Waals surface area contributed by atoms with Crippen molar-refractivity contribution in [3.63, 3.8) is 0 Å². The van der Waals surface area contributed by atoms with Gasteiger partial charge in [0.15, 0.2) is 0 Å². The van der Waals surface area contributed by atoms with Gasteiger partial charge in [-0.1, -0.05) is 199 Å². The number of phosphoric ester groups is 1. The minimum Gasteiger partial charge on any atom is -0.391 e. The molecule has 0 fully saturated rings. The van der Waals surface area contributed by atoms with Crippen LogP contribution in [0.3, 0.4) is 0 Å². The first-order chi connectivity index (χ1) is 27.5. The lowest BCUT2D eigenvalue weighted by Crippen LogP contribution is -2.46. The maximum absolute atomic E-state index is 12.9. The molecule has 0 aliphatic rings. The van der Waals surface area contributed by atoms with E-state index in [2.05, 4.69) is 43.5 Å². The van der Waals surface area contributed by atoms with Crippen molar-refractivity contribution < 1.29 is 32.9 Å². The number of aliphatic hydroxyl groups is 1. The molecular weight excluding hydrogens is 732 g/mol. The number of likely N-dealkylation sites (N-methyl/N-ethyl adjacent to an activating group) is 1. The van der Waals surface area contributed by atoms with Crippen LogP contribution in [0.2, 0.25) is 0 Å². The molecule has 0 aliphatic carbocycles. The summed E-state index contributed by atoms with van der Waals surface area (Å²) in [5.41, 5.74) is 0. The standard InChI is InChI=1S/C48H95N2O6P/c1-6-8-10-12-14-16-18-20-22-24-25-26-27-29-31-33-35-37-39-41-47(51)46(45-56-57(53,54)55-44-43-50(3,4)5)49-48(52)42-40-38-36-34-32-30-28-23-21-19-17-15-13-11-9-7-2/h17,19,23,28,46-47,51H,6-16,18,20-22,24-27,29-45H2,1-5H3,(H-,49,52,53,54)/p+1/b19-17-,28-23-. The highest BCUT2D eigenvalue weighted by Gasteiger charge is 2.28. The van der Waals surface area contributed by atoms with Crippen molar-refractivity contribution in [3.8, 4) is 0 Å². The van der Waals surface area contributed by atoms with Gasteiger partial charge in [0.1, 0.15) is 13.2 Å². The van der Waals surface area contributed by atoms with Crippen molar-refractivity contribution in [2.24, 2.45) is 0 Å². The van der Waals surface area contributed by atoms with Gasteiger partial charge in [-0.15, -0.1) is 0 Å². The van der Waals surface area contributed by atoms with Crippen LogP contribution in [-0.2, 0) is 18.4 Å². The summed E-state index contributed by atoms with van der Waals surface area (Å²) in [6, 6.07) is -0.766. The quantitative estimate of drug-likeness (QED) is 0.0244. The Morgan fingerprint density at radius 2 is 1.00 bits per heavy atom. The molecule has 0 rings (SSSR count). The number of carbonyl (C=O) groups is 1. The molecular formula is C48H96N2O6P+. The molecule has 0 saturated heterocycles. The zero-order valence-electron chi connectivity index (χ0n) is 38.3. The number of aliphatic hydroxyl groups excluding tert-OH is 1. The van der Waals surface area contributed by atoms with Crippen molar-refractivity contribution in [3.05, 3.63) is 24.3 Å². The molecule has 0 saturated carbocycles. The van der Waals surface area contributed by atoms with E-state index in [1.807, 2.05) is 21.1 Å². The maximum Gasteiger partial charge on any atom is 0.472 e. The van der Waals surface area contributed by atoms with Crippen LogP contribution in [-0.4, -0.2) is 73.4 Å². The second-order valence-electron chi connectivity index (χ2n) is 17.8. The van der Waals surface area contributed by atoms with E-state index in [4.69, 9.17) is 9.05 Å². The summed E-state index contributed by atoms with van der Waals surface area (Å²) in [7, 11) is 1.61.